The van der Waals surface area contributed by atoms with E-state index in [0.29, 0.717) is 33.2 Å². The number of fused-ring (bicyclic) bond motifs is 2. The van der Waals surface area contributed by atoms with E-state index in [4.69, 9.17) is 17.3 Å². The minimum Gasteiger partial charge on any atom is -0.383 e. The number of aromatic nitrogens is 4. The molecule has 1 atom stereocenters. The number of nitrogens with two attached hydrogens (primary N) is 1. The van der Waals surface area contributed by atoms with E-state index in [1.165, 1.54) is 6.07 Å². The molecule has 4 aromatic rings. The van der Waals surface area contributed by atoms with E-state index in [9.17, 15) is 9.18 Å². The van der Waals surface area contributed by atoms with Crippen LogP contribution < -0.4 is 11.1 Å². The van der Waals surface area contributed by atoms with Gasteiger partial charge in [-0.15, -0.1) is 0 Å². The molecule has 3 heterocycles. The molecule has 1 aliphatic heterocycles. The van der Waals surface area contributed by atoms with Gasteiger partial charge in [-0.1, -0.05) is 29.8 Å². The first kappa shape index (κ1) is 18.5. The fourth-order valence-corrected chi connectivity index (χ4v) is 3.86. The van der Waals surface area contributed by atoms with Gasteiger partial charge >= 0.3 is 0 Å². The maximum absolute atomic E-state index is 14.2. The number of halogens is 2. The molecular formula is C21H16ClFN6O. The third kappa shape index (κ3) is 2.88. The van der Waals surface area contributed by atoms with Crippen LogP contribution in [-0.2, 0) is 11.3 Å². The highest BCUT2D eigenvalue weighted by atomic mass is 35.5. The lowest BCUT2D eigenvalue weighted by Crippen LogP contribution is -2.09. The maximum Gasteiger partial charge on any atom is 0.233 e. The molecule has 5 rings (SSSR count). The number of carbonyl (C=O) groups is 1. The Labute approximate surface area is 175 Å². The van der Waals surface area contributed by atoms with Crippen molar-refractivity contribution in [3.05, 3.63) is 64.4 Å². The van der Waals surface area contributed by atoms with Gasteiger partial charge in [-0.25, -0.2) is 14.4 Å². The number of hydrogen-bond acceptors (Lipinski definition) is 5. The Morgan fingerprint density at radius 3 is 2.83 bits per heavy atom. The van der Waals surface area contributed by atoms with Crippen molar-refractivity contribution < 1.29 is 9.18 Å². The van der Waals surface area contributed by atoms with Gasteiger partial charge < -0.3 is 11.1 Å². The van der Waals surface area contributed by atoms with Crippen LogP contribution in [0.15, 0.2) is 42.5 Å². The van der Waals surface area contributed by atoms with Crippen LogP contribution in [0.4, 0.5) is 16.0 Å². The lowest BCUT2D eigenvalue weighted by atomic mass is 10.1. The predicted molar refractivity (Wildman–Crippen MR) is 113 cm³/mol. The Balaban J connectivity index is 1.68. The summed E-state index contributed by atoms with van der Waals surface area (Å²) in [6, 6.07) is 11.8. The molecule has 0 spiro atoms. The van der Waals surface area contributed by atoms with E-state index in [-0.39, 0.29) is 29.9 Å². The van der Waals surface area contributed by atoms with Gasteiger partial charge in [0.05, 0.1) is 18.0 Å². The molecule has 30 heavy (non-hydrogen) atoms. The van der Waals surface area contributed by atoms with E-state index in [2.05, 4.69) is 20.4 Å². The molecular weight excluding hydrogens is 407 g/mol. The highest BCUT2D eigenvalue weighted by Gasteiger charge is 2.32. The Bertz CT molecular complexity index is 1330. The number of rotatable bonds is 3. The molecule has 0 saturated heterocycles. The fourth-order valence-electron chi connectivity index (χ4n) is 3.69. The average molecular weight is 423 g/mol. The molecule has 2 aromatic heterocycles. The van der Waals surface area contributed by atoms with Crippen LogP contribution in [0.5, 0.6) is 0 Å². The molecule has 0 radical (unpaired) electrons. The number of nitrogens with one attached hydrogen (secondary N) is 1. The second kappa shape index (κ2) is 6.77. The summed E-state index contributed by atoms with van der Waals surface area (Å²) in [6.07, 6.45) is 0. The zero-order valence-corrected chi connectivity index (χ0v) is 16.6. The molecule has 1 amide bonds. The Morgan fingerprint density at radius 2 is 2.03 bits per heavy atom. The molecule has 0 aliphatic carbocycles. The molecule has 150 valence electrons. The second-order valence-corrected chi connectivity index (χ2v) is 7.60. The highest BCUT2D eigenvalue weighted by molar-refractivity contribution is 6.31. The van der Waals surface area contributed by atoms with Gasteiger partial charge in [-0.05, 0) is 31.2 Å². The number of nitrogen functional groups attached to an aromatic ring is 1. The number of hydrogen-bond donors (Lipinski definition) is 2. The Hall–Kier alpha value is -3.52. The van der Waals surface area contributed by atoms with Gasteiger partial charge in [-0.3, -0.25) is 9.48 Å². The fraction of sp³-hybridized carbons (Fsp3) is 0.143. The van der Waals surface area contributed by atoms with Gasteiger partial charge in [0, 0.05) is 21.5 Å². The van der Waals surface area contributed by atoms with E-state index in [0.717, 1.165) is 5.39 Å². The average Bonchev–Trinajstić information content (AvgIpc) is 3.21. The molecule has 1 unspecified atom stereocenters. The van der Waals surface area contributed by atoms with Gasteiger partial charge in [-0.2, -0.15) is 5.10 Å². The molecule has 0 fully saturated rings. The van der Waals surface area contributed by atoms with Crippen molar-refractivity contribution in [2.24, 2.45) is 0 Å². The van der Waals surface area contributed by atoms with Crippen LogP contribution in [0.3, 0.4) is 0 Å². The van der Waals surface area contributed by atoms with Crippen LogP contribution >= 0.6 is 11.6 Å². The summed E-state index contributed by atoms with van der Waals surface area (Å²) in [6.45, 7) is 1.96. The SMILES string of the molecule is CC1C(=O)Nc2nc(-c3nn(Cc4ccccc4F)c4cc(Cl)ccc34)nc(N)c21. The van der Waals surface area contributed by atoms with Crippen LogP contribution in [0.25, 0.3) is 22.4 Å². The molecule has 0 saturated carbocycles. The number of carbonyl (C=O) groups excluding carboxylic acids is 1. The van der Waals surface area contributed by atoms with Crippen molar-refractivity contribution in [3.63, 3.8) is 0 Å². The van der Waals surface area contributed by atoms with Crippen molar-refractivity contribution in [1.29, 1.82) is 0 Å². The monoisotopic (exact) mass is 422 g/mol. The Morgan fingerprint density at radius 1 is 1.23 bits per heavy atom. The number of anilines is 2. The molecule has 0 bridgehead atoms. The summed E-state index contributed by atoms with van der Waals surface area (Å²) in [4.78, 5) is 20.9. The molecule has 2 aromatic carbocycles. The van der Waals surface area contributed by atoms with Crippen molar-refractivity contribution in [2.45, 2.75) is 19.4 Å². The third-order valence-corrected chi connectivity index (χ3v) is 5.48. The normalized spacial score (nSPS) is 15.4. The number of nitrogens with zero attached hydrogens (tertiary/aromatic N) is 4. The van der Waals surface area contributed by atoms with Gasteiger partial charge in [0.1, 0.15) is 23.1 Å². The van der Waals surface area contributed by atoms with Crippen molar-refractivity contribution in [2.75, 3.05) is 11.1 Å². The maximum atomic E-state index is 14.2. The summed E-state index contributed by atoms with van der Waals surface area (Å²) in [5.74, 6) is -0.0137. The summed E-state index contributed by atoms with van der Waals surface area (Å²) in [7, 11) is 0. The van der Waals surface area contributed by atoms with Gasteiger partial charge in [0.2, 0.25) is 5.91 Å². The minimum absolute atomic E-state index is 0.176. The van der Waals surface area contributed by atoms with Gasteiger partial charge in [0.25, 0.3) is 0 Å². The summed E-state index contributed by atoms with van der Waals surface area (Å²) >= 11 is 6.20. The Kier molecular flexibility index (Phi) is 4.18. The molecule has 1 aliphatic rings. The zero-order chi connectivity index (χ0) is 21.0. The van der Waals surface area contributed by atoms with Crippen molar-refractivity contribution in [1.82, 2.24) is 19.7 Å². The van der Waals surface area contributed by atoms with E-state index in [1.54, 1.807) is 41.9 Å². The summed E-state index contributed by atoms with van der Waals surface area (Å²) in [5, 5.41) is 8.64. The lowest BCUT2D eigenvalue weighted by molar-refractivity contribution is -0.116. The van der Waals surface area contributed by atoms with E-state index in [1.807, 2.05) is 6.07 Å². The van der Waals surface area contributed by atoms with Crippen LogP contribution in [0.2, 0.25) is 5.02 Å². The smallest absolute Gasteiger partial charge is 0.233 e. The van der Waals surface area contributed by atoms with E-state index < -0.39 is 5.92 Å². The molecule has 7 nitrogen and oxygen atoms in total. The number of benzene rings is 2. The number of amides is 1. The van der Waals surface area contributed by atoms with Crippen molar-refractivity contribution in [3.8, 4) is 11.5 Å². The van der Waals surface area contributed by atoms with Crippen LogP contribution in [0, 0.1) is 5.82 Å². The third-order valence-electron chi connectivity index (χ3n) is 5.25. The second-order valence-electron chi connectivity index (χ2n) is 7.16. The standard InChI is InChI=1S/C21H16ClFN6O/c1-10-16-18(24)25-20(26-19(16)27-21(10)30)17-13-7-6-12(22)8-15(13)29(28-17)9-11-4-2-3-5-14(11)23/h2-8,10H,9H2,1H3,(H3,24,25,26,27,30). The first-order valence-electron chi connectivity index (χ1n) is 9.30. The first-order chi connectivity index (χ1) is 14.4. The predicted octanol–water partition coefficient (Wildman–Crippen LogP) is 3.97. The highest BCUT2D eigenvalue weighted by Crippen LogP contribution is 2.37. The largest absolute Gasteiger partial charge is 0.383 e. The van der Waals surface area contributed by atoms with Gasteiger partial charge in [0.15, 0.2) is 5.82 Å². The topological polar surface area (TPSA) is 98.7 Å². The minimum atomic E-state index is -0.414. The first-order valence-corrected chi connectivity index (χ1v) is 9.68. The summed E-state index contributed by atoms with van der Waals surface area (Å²) in [5.41, 5.74) is 8.39. The van der Waals surface area contributed by atoms with Crippen LogP contribution in [-0.4, -0.2) is 25.7 Å². The molecule has 9 heteroatoms. The zero-order valence-electron chi connectivity index (χ0n) is 15.9. The molecule has 3 N–H and O–H groups in total. The van der Waals surface area contributed by atoms with Crippen LogP contribution in [0.1, 0.15) is 24.0 Å². The quantitative estimate of drug-likeness (QED) is 0.520. The van der Waals surface area contributed by atoms with E-state index >= 15 is 0 Å². The van der Waals surface area contributed by atoms with Crippen molar-refractivity contribution >= 4 is 40.0 Å². The summed E-state index contributed by atoms with van der Waals surface area (Å²) < 4.78 is 15.9. The lowest BCUT2D eigenvalue weighted by Gasteiger charge is -2.06.